The lowest BCUT2D eigenvalue weighted by molar-refractivity contribution is -0.0457. The van der Waals surface area contributed by atoms with Crippen LogP contribution in [0.5, 0.6) is 0 Å². The van der Waals surface area contributed by atoms with E-state index in [4.69, 9.17) is 15.6 Å². The Kier molecular flexibility index (Phi) is 2.96. The Morgan fingerprint density at radius 1 is 1.60 bits per heavy atom. The summed E-state index contributed by atoms with van der Waals surface area (Å²) < 4.78 is 20.6. The van der Waals surface area contributed by atoms with Crippen LogP contribution in [0.1, 0.15) is 6.23 Å². The first-order chi connectivity index (χ1) is 9.52. The van der Waals surface area contributed by atoms with E-state index in [1.165, 1.54) is 17.0 Å². The van der Waals surface area contributed by atoms with Gasteiger partial charge in [0.15, 0.2) is 17.9 Å². The van der Waals surface area contributed by atoms with E-state index in [1.807, 2.05) is 0 Å². The van der Waals surface area contributed by atoms with Gasteiger partial charge in [-0.3, -0.25) is 4.79 Å². The van der Waals surface area contributed by atoms with Crippen LogP contribution in [0.4, 0.5) is 10.2 Å². The highest BCUT2D eigenvalue weighted by Crippen LogP contribution is 2.33. The van der Waals surface area contributed by atoms with Gasteiger partial charge in [-0.1, -0.05) is 0 Å². The van der Waals surface area contributed by atoms with Gasteiger partial charge in [-0.2, -0.15) is 0 Å². The van der Waals surface area contributed by atoms with Crippen molar-refractivity contribution in [3.8, 4) is 0 Å². The quantitative estimate of drug-likeness (QED) is 0.554. The summed E-state index contributed by atoms with van der Waals surface area (Å²) in [6.07, 6.45) is -4.14. The summed E-state index contributed by atoms with van der Waals surface area (Å²) in [5.74, 6) is 0.108. The number of H-pyrrole nitrogens is 1. The number of aromatic nitrogens is 3. The molecule has 2 aromatic rings. The number of nitrogen functional groups attached to an aromatic ring is 1. The highest BCUT2D eigenvalue weighted by molar-refractivity contribution is 5.76. The van der Waals surface area contributed by atoms with Gasteiger partial charge in [0.05, 0.1) is 18.5 Å². The second-order valence-corrected chi connectivity index (χ2v) is 4.62. The number of aliphatic hydroxyl groups is 2. The molecule has 0 aliphatic carbocycles. The summed E-state index contributed by atoms with van der Waals surface area (Å²) in [4.78, 5) is 17.9. The summed E-state index contributed by atoms with van der Waals surface area (Å²) >= 11 is 0. The van der Waals surface area contributed by atoms with Crippen molar-refractivity contribution in [2.24, 2.45) is 0 Å². The Bertz CT molecular complexity index is 699. The number of ether oxygens (including phenoxy) is 1. The average molecular weight is 284 g/mol. The van der Waals surface area contributed by atoms with E-state index in [0.29, 0.717) is 5.52 Å². The molecule has 0 amide bonds. The molecular formula is C11H13FN4O4. The van der Waals surface area contributed by atoms with E-state index >= 15 is 0 Å². The molecule has 4 atom stereocenters. The minimum absolute atomic E-state index is 0.0944. The van der Waals surface area contributed by atoms with Crippen molar-refractivity contribution < 1.29 is 19.3 Å². The van der Waals surface area contributed by atoms with Gasteiger partial charge in [-0.15, -0.1) is 0 Å². The molecule has 2 aromatic heterocycles. The molecule has 9 heteroatoms. The Hall–Kier alpha value is -1.97. The second kappa shape index (κ2) is 4.54. The monoisotopic (exact) mass is 284 g/mol. The van der Waals surface area contributed by atoms with E-state index in [-0.39, 0.29) is 11.3 Å². The predicted molar refractivity (Wildman–Crippen MR) is 66.7 cm³/mol. The summed E-state index contributed by atoms with van der Waals surface area (Å²) in [6.45, 7) is -0.507. The molecule has 1 saturated heterocycles. The number of aliphatic hydroxyl groups excluding tert-OH is 2. The standard InChI is InChI=1S/C11H13FN4O4/c12-7-9(18)5(2-17)20-11(7)16-3-14-8-4(16)1-6(13)15-10(8)19/h1,3,5,7,9,11,17-18H,2H2,(H3,13,15,19)/t5-,7-,9-,11-/m1/s1. The van der Waals surface area contributed by atoms with E-state index in [2.05, 4.69) is 9.97 Å². The van der Waals surface area contributed by atoms with Crippen molar-refractivity contribution in [2.75, 3.05) is 12.3 Å². The average Bonchev–Trinajstić information content (AvgIpc) is 2.93. The smallest absolute Gasteiger partial charge is 0.277 e. The molecule has 5 N–H and O–H groups in total. The van der Waals surface area contributed by atoms with Crippen molar-refractivity contribution >= 4 is 16.9 Å². The number of halogens is 1. The van der Waals surface area contributed by atoms with Crippen molar-refractivity contribution in [1.82, 2.24) is 14.5 Å². The molecule has 1 aliphatic heterocycles. The van der Waals surface area contributed by atoms with Gasteiger partial charge in [0.1, 0.15) is 18.0 Å². The van der Waals surface area contributed by atoms with Gasteiger partial charge in [0.25, 0.3) is 5.56 Å². The molecule has 0 saturated carbocycles. The minimum atomic E-state index is -1.75. The summed E-state index contributed by atoms with van der Waals surface area (Å²) in [5, 5.41) is 18.6. The van der Waals surface area contributed by atoms with Crippen LogP contribution in [-0.4, -0.2) is 49.7 Å². The van der Waals surface area contributed by atoms with Gasteiger partial charge >= 0.3 is 0 Å². The third-order valence-electron chi connectivity index (χ3n) is 3.35. The Balaban J connectivity index is 2.09. The summed E-state index contributed by atoms with van der Waals surface area (Å²) in [6, 6.07) is 1.43. The van der Waals surface area contributed by atoms with Crippen LogP contribution in [0.2, 0.25) is 0 Å². The number of rotatable bonds is 2. The Morgan fingerprint density at radius 3 is 3.00 bits per heavy atom. The topological polar surface area (TPSA) is 126 Å². The van der Waals surface area contributed by atoms with E-state index in [1.54, 1.807) is 0 Å². The minimum Gasteiger partial charge on any atom is -0.394 e. The maximum atomic E-state index is 14.1. The number of aromatic amines is 1. The largest absolute Gasteiger partial charge is 0.394 e. The highest BCUT2D eigenvalue weighted by atomic mass is 19.1. The summed E-state index contributed by atoms with van der Waals surface area (Å²) in [7, 11) is 0. The number of imidazole rings is 1. The first-order valence-corrected chi connectivity index (χ1v) is 5.96. The van der Waals surface area contributed by atoms with Crippen molar-refractivity contribution in [3.63, 3.8) is 0 Å². The Morgan fingerprint density at radius 2 is 2.35 bits per heavy atom. The molecular weight excluding hydrogens is 271 g/mol. The summed E-state index contributed by atoms with van der Waals surface area (Å²) in [5.41, 5.74) is 5.44. The number of pyridine rings is 1. The normalized spacial score (nSPS) is 30.1. The van der Waals surface area contributed by atoms with Gasteiger partial charge < -0.3 is 30.2 Å². The van der Waals surface area contributed by atoms with Gasteiger partial charge in [0.2, 0.25) is 0 Å². The lowest BCUT2D eigenvalue weighted by Crippen LogP contribution is -2.30. The molecule has 20 heavy (non-hydrogen) atoms. The van der Waals surface area contributed by atoms with E-state index in [9.17, 15) is 14.3 Å². The van der Waals surface area contributed by atoms with Crippen molar-refractivity contribution in [3.05, 3.63) is 22.7 Å². The van der Waals surface area contributed by atoms with Crippen molar-refractivity contribution in [1.29, 1.82) is 0 Å². The molecule has 0 radical (unpaired) electrons. The molecule has 3 heterocycles. The molecule has 0 aromatic carbocycles. The number of hydrogen-bond donors (Lipinski definition) is 4. The molecule has 3 rings (SSSR count). The second-order valence-electron chi connectivity index (χ2n) is 4.62. The Labute approximate surface area is 111 Å². The van der Waals surface area contributed by atoms with Crippen LogP contribution in [0, 0.1) is 0 Å². The first-order valence-electron chi connectivity index (χ1n) is 5.96. The third kappa shape index (κ3) is 1.79. The SMILES string of the molecule is Nc1cc2c(ncn2[C@@H]2O[C@H](CO)[C@@H](O)[C@H]2F)c(=O)[nH]1. The number of alkyl halides is 1. The number of anilines is 1. The fourth-order valence-electron chi connectivity index (χ4n) is 2.34. The molecule has 8 nitrogen and oxygen atoms in total. The van der Waals surface area contributed by atoms with Gasteiger partial charge in [-0.05, 0) is 0 Å². The molecule has 1 fully saturated rings. The number of nitrogens with one attached hydrogen (secondary N) is 1. The maximum absolute atomic E-state index is 14.1. The zero-order valence-corrected chi connectivity index (χ0v) is 10.2. The van der Waals surface area contributed by atoms with E-state index < -0.39 is 36.8 Å². The number of fused-ring (bicyclic) bond motifs is 1. The van der Waals surface area contributed by atoms with E-state index in [0.717, 1.165) is 0 Å². The highest BCUT2D eigenvalue weighted by Gasteiger charge is 2.45. The van der Waals surface area contributed by atoms with Crippen LogP contribution in [-0.2, 0) is 4.74 Å². The zero-order valence-electron chi connectivity index (χ0n) is 10.2. The zero-order chi connectivity index (χ0) is 14.4. The molecule has 0 spiro atoms. The third-order valence-corrected chi connectivity index (χ3v) is 3.35. The number of nitrogens with zero attached hydrogens (tertiary/aromatic N) is 2. The molecule has 1 aliphatic rings. The van der Waals surface area contributed by atoms with Crippen molar-refractivity contribution in [2.45, 2.75) is 24.6 Å². The lowest BCUT2D eigenvalue weighted by Gasteiger charge is -2.15. The van der Waals surface area contributed by atoms with Gasteiger partial charge in [0, 0.05) is 6.07 Å². The first kappa shape index (κ1) is 13.0. The number of hydrogen-bond acceptors (Lipinski definition) is 6. The number of nitrogens with two attached hydrogens (primary N) is 1. The van der Waals surface area contributed by atoms with Crippen LogP contribution in [0.15, 0.2) is 17.2 Å². The maximum Gasteiger partial charge on any atom is 0.277 e. The molecule has 0 bridgehead atoms. The van der Waals surface area contributed by atoms with Crippen LogP contribution in [0.25, 0.3) is 11.0 Å². The molecule has 108 valence electrons. The van der Waals surface area contributed by atoms with Crippen LogP contribution >= 0.6 is 0 Å². The molecule has 0 unspecified atom stereocenters. The predicted octanol–water partition coefficient (Wildman–Crippen LogP) is -1.10. The lowest BCUT2D eigenvalue weighted by atomic mass is 10.1. The fraction of sp³-hybridized carbons (Fsp3) is 0.455. The fourth-order valence-corrected chi connectivity index (χ4v) is 2.34. The van der Waals surface area contributed by atoms with Crippen LogP contribution < -0.4 is 11.3 Å². The van der Waals surface area contributed by atoms with Crippen LogP contribution in [0.3, 0.4) is 0 Å². The van der Waals surface area contributed by atoms with Gasteiger partial charge in [-0.25, -0.2) is 9.37 Å².